The Balaban J connectivity index is 1.59. The maximum atomic E-state index is 12.2. The number of nitrogens with zero attached hydrogens (tertiary/aromatic N) is 2. The minimum atomic E-state index is -0.256. The summed E-state index contributed by atoms with van der Waals surface area (Å²) in [6.45, 7) is 2.38. The number of rotatable bonds is 5. The summed E-state index contributed by atoms with van der Waals surface area (Å²) in [4.78, 5) is 20.5. The summed E-state index contributed by atoms with van der Waals surface area (Å²) in [6.07, 6.45) is 3.19. The van der Waals surface area contributed by atoms with Crippen molar-refractivity contribution in [2.45, 2.75) is 13.5 Å². The van der Waals surface area contributed by atoms with Crippen molar-refractivity contribution in [2.24, 2.45) is 0 Å². The molecule has 0 bridgehead atoms. The molecule has 1 amide bonds. The van der Waals surface area contributed by atoms with Crippen LogP contribution < -0.4 is 10.1 Å². The summed E-state index contributed by atoms with van der Waals surface area (Å²) < 4.78 is 5.60. The van der Waals surface area contributed by atoms with Crippen LogP contribution in [0.15, 0.2) is 67.0 Å². The van der Waals surface area contributed by atoms with Crippen LogP contribution in [0.1, 0.15) is 21.5 Å². The molecule has 3 aromatic rings. The largest absolute Gasteiger partial charge is 0.473 e. The predicted octanol–water partition coefficient (Wildman–Crippen LogP) is 3.62. The van der Waals surface area contributed by atoms with E-state index in [9.17, 15) is 4.79 Å². The Morgan fingerprint density at radius 2 is 1.83 bits per heavy atom. The van der Waals surface area contributed by atoms with Crippen molar-refractivity contribution in [3.63, 3.8) is 0 Å². The van der Waals surface area contributed by atoms with E-state index in [1.807, 2.05) is 43.3 Å². The normalized spacial score (nSPS) is 10.2. The van der Waals surface area contributed by atoms with E-state index in [1.54, 1.807) is 24.4 Å². The van der Waals surface area contributed by atoms with Gasteiger partial charge >= 0.3 is 0 Å². The van der Waals surface area contributed by atoms with Crippen molar-refractivity contribution in [1.82, 2.24) is 9.97 Å². The number of aryl methyl sites for hydroxylation is 1. The van der Waals surface area contributed by atoms with E-state index >= 15 is 0 Å². The fourth-order valence-electron chi connectivity index (χ4n) is 2.06. The average Bonchev–Trinajstić information content (AvgIpc) is 2.63. The van der Waals surface area contributed by atoms with Crippen LogP contribution in [0.5, 0.6) is 5.88 Å². The zero-order valence-corrected chi connectivity index (χ0v) is 13.3. The smallest absolute Gasteiger partial charge is 0.258 e. The fourth-order valence-corrected chi connectivity index (χ4v) is 2.06. The highest BCUT2D eigenvalue weighted by molar-refractivity contribution is 6.03. The second kappa shape index (κ2) is 7.37. The predicted molar refractivity (Wildman–Crippen MR) is 91.9 cm³/mol. The van der Waals surface area contributed by atoms with Gasteiger partial charge in [0.1, 0.15) is 12.4 Å². The Morgan fingerprint density at radius 3 is 2.50 bits per heavy atom. The molecule has 0 aliphatic rings. The van der Waals surface area contributed by atoms with Gasteiger partial charge in [0.05, 0.1) is 5.56 Å². The number of aromatic nitrogens is 2. The quantitative estimate of drug-likeness (QED) is 0.780. The second-order valence-electron chi connectivity index (χ2n) is 5.33. The molecular formula is C19H17N3O2. The van der Waals surface area contributed by atoms with Gasteiger partial charge in [-0.2, -0.15) is 0 Å². The first-order valence-electron chi connectivity index (χ1n) is 7.57. The third-order valence-electron chi connectivity index (χ3n) is 3.38. The first kappa shape index (κ1) is 15.7. The van der Waals surface area contributed by atoms with Gasteiger partial charge in [-0.05, 0) is 30.2 Å². The van der Waals surface area contributed by atoms with E-state index in [4.69, 9.17) is 4.74 Å². The number of nitrogens with one attached hydrogen (secondary N) is 1. The molecule has 0 radical (unpaired) electrons. The number of ether oxygens (including phenoxy) is 1. The first-order valence-corrected chi connectivity index (χ1v) is 7.57. The molecule has 2 aromatic heterocycles. The molecule has 5 nitrogen and oxygen atoms in total. The third kappa shape index (κ3) is 4.16. The molecule has 5 heteroatoms. The lowest BCUT2D eigenvalue weighted by Crippen LogP contribution is -2.13. The van der Waals surface area contributed by atoms with Crippen LogP contribution in [-0.4, -0.2) is 15.9 Å². The van der Waals surface area contributed by atoms with Gasteiger partial charge in [0, 0.05) is 18.5 Å². The number of pyridine rings is 2. The molecule has 0 unspecified atom stereocenters. The molecule has 0 aliphatic carbocycles. The van der Waals surface area contributed by atoms with Crippen molar-refractivity contribution in [2.75, 3.05) is 5.32 Å². The summed E-state index contributed by atoms with van der Waals surface area (Å²) in [6, 6.07) is 16.8. The summed E-state index contributed by atoms with van der Waals surface area (Å²) >= 11 is 0. The zero-order valence-electron chi connectivity index (χ0n) is 13.3. The number of benzene rings is 1. The number of carbonyl (C=O) groups is 1. The molecule has 1 aromatic carbocycles. The van der Waals surface area contributed by atoms with Crippen molar-refractivity contribution in [3.8, 4) is 5.88 Å². The van der Waals surface area contributed by atoms with Crippen LogP contribution in [-0.2, 0) is 6.61 Å². The molecule has 0 saturated heterocycles. The van der Waals surface area contributed by atoms with E-state index < -0.39 is 0 Å². The lowest BCUT2D eigenvalue weighted by Gasteiger charge is -2.07. The van der Waals surface area contributed by atoms with Crippen LogP contribution in [0, 0.1) is 6.92 Å². The molecule has 0 atom stereocenters. The van der Waals surface area contributed by atoms with E-state index in [0.29, 0.717) is 23.9 Å². The highest BCUT2D eigenvalue weighted by Crippen LogP contribution is 2.12. The lowest BCUT2D eigenvalue weighted by atomic mass is 10.2. The van der Waals surface area contributed by atoms with E-state index in [2.05, 4.69) is 15.3 Å². The average molecular weight is 319 g/mol. The summed E-state index contributed by atoms with van der Waals surface area (Å²) in [5, 5.41) is 2.73. The highest BCUT2D eigenvalue weighted by atomic mass is 16.5. The van der Waals surface area contributed by atoms with Gasteiger partial charge in [0.25, 0.3) is 5.91 Å². The molecule has 1 N–H and O–H groups in total. The molecule has 24 heavy (non-hydrogen) atoms. The number of amides is 1. The van der Waals surface area contributed by atoms with E-state index in [0.717, 1.165) is 11.1 Å². The first-order chi connectivity index (χ1) is 11.7. The monoisotopic (exact) mass is 319 g/mol. The molecule has 2 heterocycles. The summed E-state index contributed by atoms with van der Waals surface area (Å²) in [7, 11) is 0. The van der Waals surface area contributed by atoms with E-state index in [1.165, 1.54) is 6.20 Å². The van der Waals surface area contributed by atoms with Gasteiger partial charge in [0.15, 0.2) is 0 Å². The van der Waals surface area contributed by atoms with Crippen molar-refractivity contribution in [3.05, 3.63) is 83.7 Å². The second-order valence-corrected chi connectivity index (χ2v) is 5.33. The van der Waals surface area contributed by atoms with Gasteiger partial charge in [-0.1, -0.05) is 36.4 Å². The SMILES string of the molecule is Cc1ccc(NC(=O)c2ccc(OCc3ccccc3)nc2)nc1. The minimum absolute atomic E-state index is 0.256. The molecule has 120 valence electrons. The minimum Gasteiger partial charge on any atom is -0.473 e. The Labute approximate surface area is 140 Å². The molecule has 0 aliphatic heterocycles. The van der Waals surface area contributed by atoms with Crippen LogP contribution >= 0.6 is 0 Å². The van der Waals surface area contributed by atoms with Gasteiger partial charge in [-0.25, -0.2) is 9.97 Å². The molecule has 3 rings (SSSR count). The fraction of sp³-hybridized carbons (Fsp3) is 0.105. The Hall–Kier alpha value is -3.21. The maximum absolute atomic E-state index is 12.2. The van der Waals surface area contributed by atoms with Crippen LogP contribution in [0.3, 0.4) is 0 Å². The highest BCUT2D eigenvalue weighted by Gasteiger charge is 2.08. The Morgan fingerprint density at radius 1 is 1.00 bits per heavy atom. The molecule has 0 fully saturated rings. The summed E-state index contributed by atoms with van der Waals surface area (Å²) in [5.41, 5.74) is 2.55. The van der Waals surface area contributed by atoms with Crippen LogP contribution in [0.4, 0.5) is 5.82 Å². The molecule has 0 saturated carbocycles. The third-order valence-corrected chi connectivity index (χ3v) is 3.38. The number of anilines is 1. The van der Waals surface area contributed by atoms with Gasteiger partial charge in [-0.15, -0.1) is 0 Å². The summed E-state index contributed by atoms with van der Waals surface area (Å²) in [5.74, 6) is 0.729. The van der Waals surface area contributed by atoms with E-state index in [-0.39, 0.29) is 5.91 Å². The van der Waals surface area contributed by atoms with Crippen molar-refractivity contribution >= 4 is 11.7 Å². The molecular weight excluding hydrogens is 302 g/mol. The van der Waals surface area contributed by atoms with Gasteiger partial charge in [-0.3, -0.25) is 4.79 Å². The topological polar surface area (TPSA) is 64.1 Å². The number of hydrogen-bond donors (Lipinski definition) is 1. The van der Waals surface area contributed by atoms with Gasteiger partial charge < -0.3 is 10.1 Å². The zero-order chi connectivity index (χ0) is 16.8. The maximum Gasteiger partial charge on any atom is 0.258 e. The lowest BCUT2D eigenvalue weighted by molar-refractivity contribution is 0.102. The Bertz CT molecular complexity index is 800. The van der Waals surface area contributed by atoms with Gasteiger partial charge in [0.2, 0.25) is 5.88 Å². The number of carbonyl (C=O) groups excluding carboxylic acids is 1. The Kier molecular flexibility index (Phi) is 4.81. The number of hydrogen-bond acceptors (Lipinski definition) is 4. The van der Waals surface area contributed by atoms with Crippen molar-refractivity contribution < 1.29 is 9.53 Å². The van der Waals surface area contributed by atoms with Crippen LogP contribution in [0.25, 0.3) is 0 Å². The molecule has 0 spiro atoms. The van der Waals surface area contributed by atoms with Crippen LogP contribution in [0.2, 0.25) is 0 Å². The van der Waals surface area contributed by atoms with Crippen molar-refractivity contribution in [1.29, 1.82) is 0 Å². The standard InChI is InChI=1S/C19H17N3O2/c1-14-7-9-17(20-11-14)22-19(23)16-8-10-18(21-12-16)24-13-15-5-3-2-4-6-15/h2-12H,13H2,1H3,(H,20,22,23).